The number of rotatable bonds is 5. The number of aliphatic imine (C=N–C) groups is 1. The third-order valence-corrected chi connectivity index (χ3v) is 6.34. The number of nitrogens with zero attached hydrogens (tertiary/aromatic N) is 5. The van der Waals surface area contributed by atoms with Crippen LogP contribution in [-0.2, 0) is 0 Å². The number of anilines is 1. The summed E-state index contributed by atoms with van der Waals surface area (Å²) >= 11 is 0. The normalized spacial score (nSPS) is 20.8. The third-order valence-electron chi connectivity index (χ3n) is 6.34. The van der Waals surface area contributed by atoms with Crippen LogP contribution in [0.5, 0.6) is 0 Å². The van der Waals surface area contributed by atoms with Crippen LogP contribution in [0.4, 0.5) is 24.8 Å². The van der Waals surface area contributed by atoms with Crippen molar-refractivity contribution in [1.82, 2.24) is 19.6 Å². The number of alkyl halides is 3. The molecule has 9 heteroatoms. The lowest BCUT2D eigenvalue weighted by Gasteiger charge is -2.28. The molecule has 168 valence electrons. The summed E-state index contributed by atoms with van der Waals surface area (Å²) in [5.74, 6) is -2.12. The molecule has 0 amide bonds. The Morgan fingerprint density at radius 2 is 2.00 bits per heavy atom. The molecule has 0 aromatic carbocycles. The topological polar surface area (TPSA) is 67.5 Å². The fourth-order valence-corrected chi connectivity index (χ4v) is 4.64. The van der Waals surface area contributed by atoms with Gasteiger partial charge in [-0.2, -0.15) is 0 Å². The average molecular weight is 442 g/mol. The highest BCUT2D eigenvalue weighted by atomic mass is 19.3. The van der Waals surface area contributed by atoms with Gasteiger partial charge < -0.3 is 5.32 Å². The SMILES string of the molecule is CC1=Nc2ccc(-c3ccn4nc(NC5CCC(F)(F)CC5)ncc34)nc2C(CCF)C1. The first kappa shape index (κ1) is 20.9. The zero-order valence-electron chi connectivity index (χ0n) is 17.9. The Morgan fingerprint density at radius 3 is 2.78 bits per heavy atom. The van der Waals surface area contributed by atoms with Crippen molar-refractivity contribution in [3.05, 3.63) is 36.3 Å². The maximum Gasteiger partial charge on any atom is 0.248 e. The standard InChI is InChI=1S/C23H25F3N6/c1-14-12-15(6-10-24)21-19(28-14)3-2-18(30-21)17-7-11-32-20(17)13-27-22(31-32)29-16-4-8-23(25,26)9-5-16/h2-3,7,11,13,15-16H,4-6,8-10,12H2,1H3,(H,29,31). The molecule has 0 spiro atoms. The molecule has 4 heterocycles. The van der Waals surface area contributed by atoms with Gasteiger partial charge in [-0.15, -0.1) is 5.10 Å². The van der Waals surface area contributed by atoms with Gasteiger partial charge >= 0.3 is 0 Å². The maximum absolute atomic E-state index is 13.4. The van der Waals surface area contributed by atoms with Gasteiger partial charge in [-0.3, -0.25) is 14.4 Å². The van der Waals surface area contributed by atoms with Crippen LogP contribution >= 0.6 is 0 Å². The minimum Gasteiger partial charge on any atom is -0.350 e. The molecule has 2 aliphatic rings. The predicted molar refractivity (Wildman–Crippen MR) is 118 cm³/mol. The van der Waals surface area contributed by atoms with Gasteiger partial charge in [-0.25, -0.2) is 18.3 Å². The van der Waals surface area contributed by atoms with Crippen molar-refractivity contribution >= 4 is 22.9 Å². The number of nitrogens with one attached hydrogen (secondary N) is 1. The summed E-state index contributed by atoms with van der Waals surface area (Å²) in [4.78, 5) is 13.8. The van der Waals surface area contributed by atoms with E-state index in [-0.39, 0.29) is 31.5 Å². The van der Waals surface area contributed by atoms with Crippen LogP contribution < -0.4 is 5.32 Å². The van der Waals surface area contributed by atoms with Gasteiger partial charge in [0.15, 0.2) is 0 Å². The van der Waals surface area contributed by atoms with Crippen molar-refractivity contribution < 1.29 is 13.2 Å². The molecule has 1 N–H and O–H groups in total. The minimum atomic E-state index is -2.56. The van der Waals surface area contributed by atoms with E-state index in [0.717, 1.165) is 40.3 Å². The van der Waals surface area contributed by atoms with E-state index >= 15 is 0 Å². The first-order valence-corrected chi connectivity index (χ1v) is 11.0. The van der Waals surface area contributed by atoms with Crippen LogP contribution in [0.3, 0.4) is 0 Å². The minimum absolute atomic E-state index is 0.0243. The second-order valence-electron chi connectivity index (χ2n) is 8.74. The van der Waals surface area contributed by atoms with Crippen LogP contribution in [0.25, 0.3) is 16.8 Å². The number of fused-ring (bicyclic) bond motifs is 2. The molecule has 3 aromatic rings. The maximum atomic E-state index is 13.4. The Labute approximate surface area is 184 Å². The zero-order chi connectivity index (χ0) is 22.3. The lowest BCUT2D eigenvalue weighted by molar-refractivity contribution is -0.0361. The Hall–Kier alpha value is -2.97. The zero-order valence-corrected chi connectivity index (χ0v) is 17.9. The van der Waals surface area contributed by atoms with E-state index in [4.69, 9.17) is 4.98 Å². The van der Waals surface area contributed by atoms with Crippen LogP contribution in [0, 0.1) is 0 Å². The Balaban J connectivity index is 1.40. The van der Waals surface area contributed by atoms with E-state index in [2.05, 4.69) is 20.4 Å². The summed E-state index contributed by atoms with van der Waals surface area (Å²) in [7, 11) is 0. The van der Waals surface area contributed by atoms with Gasteiger partial charge in [0.2, 0.25) is 11.9 Å². The summed E-state index contributed by atoms with van der Waals surface area (Å²) in [6.45, 7) is 1.58. The molecule has 3 aromatic heterocycles. The highest BCUT2D eigenvalue weighted by Gasteiger charge is 2.35. The van der Waals surface area contributed by atoms with Crippen molar-refractivity contribution in [1.29, 1.82) is 0 Å². The highest BCUT2D eigenvalue weighted by molar-refractivity contribution is 5.88. The van der Waals surface area contributed by atoms with Crippen molar-refractivity contribution in [2.24, 2.45) is 4.99 Å². The smallest absolute Gasteiger partial charge is 0.248 e. The van der Waals surface area contributed by atoms with Gasteiger partial charge in [0.05, 0.1) is 35.5 Å². The van der Waals surface area contributed by atoms with E-state index in [0.29, 0.717) is 25.2 Å². The van der Waals surface area contributed by atoms with Gasteiger partial charge in [-0.1, -0.05) is 0 Å². The van der Waals surface area contributed by atoms with Crippen LogP contribution in [-0.4, -0.2) is 43.9 Å². The number of halogens is 3. The largest absolute Gasteiger partial charge is 0.350 e. The van der Waals surface area contributed by atoms with Crippen molar-refractivity contribution in [3.8, 4) is 11.3 Å². The fourth-order valence-electron chi connectivity index (χ4n) is 4.64. The number of hydrogen-bond acceptors (Lipinski definition) is 5. The summed E-state index contributed by atoms with van der Waals surface area (Å²) in [6.07, 6.45) is 5.25. The molecule has 1 aliphatic heterocycles. The quantitative estimate of drug-likeness (QED) is 0.549. The lowest BCUT2D eigenvalue weighted by Crippen LogP contribution is -2.32. The highest BCUT2D eigenvalue weighted by Crippen LogP contribution is 2.38. The molecule has 0 radical (unpaired) electrons. The lowest BCUT2D eigenvalue weighted by atomic mass is 9.91. The number of aromatic nitrogens is 4. The molecule has 5 rings (SSSR count). The van der Waals surface area contributed by atoms with Gasteiger partial charge in [0, 0.05) is 42.3 Å². The van der Waals surface area contributed by atoms with Crippen LogP contribution in [0.1, 0.15) is 57.1 Å². The molecule has 1 unspecified atom stereocenters. The fraction of sp³-hybridized carbons (Fsp3) is 0.478. The summed E-state index contributed by atoms with van der Waals surface area (Å²) in [5.41, 5.74) is 5.06. The molecule has 1 aliphatic carbocycles. The Morgan fingerprint density at radius 1 is 1.19 bits per heavy atom. The summed E-state index contributed by atoms with van der Waals surface area (Å²) < 4.78 is 41.6. The second-order valence-corrected chi connectivity index (χ2v) is 8.74. The summed E-state index contributed by atoms with van der Waals surface area (Å²) in [6, 6.07) is 5.72. The summed E-state index contributed by atoms with van der Waals surface area (Å²) in [5, 5.41) is 7.68. The van der Waals surface area contributed by atoms with Crippen molar-refractivity contribution in [2.45, 2.75) is 63.3 Å². The van der Waals surface area contributed by atoms with E-state index in [1.165, 1.54) is 0 Å². The first-order chi connectivity index (χ1) is 15.4. The van der Waals surface area contributed by atoms with Gasteiger partial charge in [0.1, 0.15) is 0 Å². The molecule has 1 atom stereocenters. The van der Waals surface area contributed by atoms with E-state index in [1.54, 1.807) is 10.7 Å². The van der Waals surface area contributed by atoms with Crippen molar-refractivity contribution in [2.75, 3.05) is 12.0 Å². The second kappa shape index (κ2) is 8.18. The number of pyridine rings is 1. The predicted octanol–water partition coefficient (Wildman–Crippen LogP) is 5.72. The van der Waals surface area contributed by atoms with Crippen LogP contribution in [0.2, 0.25) is 0 Å². The third kappa shape index (κ3) is 4.08. The first-order valence-electron chi connectivity index (χ1n) is 11.0. The molecule has 0 saturated heterocycles. The molecular formula is C23H25F3N6. The van der Waals surface area contributed by atoms with Crippen LogP contribution in [0.15, 0.2) is 35.6 Å². The van der Waals surface area contributed by atoms with E-state index < -0.39 is 5.92 Å². The Bertz CT molecular complexity index is 1160. The molecular weight excluding hydrogens is 417 g/mol. The molecule has 32 heavy (non-hydrogen) atoms. The van der Waals surface area contributed by atoms with Gasteiger partial charge in [0.25, 0.3) is 0 Å². The van der Waals surface area contributed by atoms with Crippen molar-refractivity contribution in [3.63, 3.8) is 0 Å². The Kier molecular flexibility index (Phi) is 5.35. The molecule has 1 saturated carbocycles. The van der Waals surface area contributed by atoms with E-state index in [9.17, 15) is 13.2 Å². The molecule has 6 nitrogen and oxygen atoms in total. The molecule has 1 fully saturated rings. The average Bonchev–Trinajstić information content (AvgIpc) is 3.18. The monoisotopic (exact) mass is 442 g/mol. The van der Waals surface area contributed by atoms with E-state index in [1.807, 2.05) is 31.3 Å². The van der Waals surface area contributed by atoms with Gasteiger partial charge in [-0.05, 0) is 50.8 Å². The number of hydrogen-bond donors (Lipinski definition) is 1. The molecule has 0 bridgehead atoms.